The fourth-order valence-electron chi connectivity index (χ4n) is 3.25. The Hall–Kier alpha value is -2.59. The quantitative estimate of drug-likeness (QED) is 0.693. The van der Waals surface area contributed by atoms with Gasteiger partial charge < -0.3 is 4.98 Å². The van der Waals surface area contributed by atoms with E-state index < -0.39 is 0 Å². The lowest BCUT2D eigenvalue weighted by molar-refractivity contribution is -0.134. The minimum absolute atomic E-state index is 0.221. The van der Waals surface area contributed by atoms with E-state index in [1.807, 2.05) is 42.6 Å². The van der Waals surface area contributed by atoms with Crippen LogP contribution in [0.1, 0.15) is 24.3 Å². The van der Waals surface area contributed by atoms with Crippen LogP contribution >= 0.6 is 11.6 Å². The Morgan fingerprint density at radius 2 is 1.96 bits per heavy atom. The van der Waals surface area contributed by atoms with Crippen LogP contribution in [0.3, 0.4) is 0 Å². The van der Waals surface area contributed by atoms with Crippen LogP contribution in [0, 0.1) is 0 Å². The number of piperidine rings is 1. The molecule has 24 heavy (non-hydrogen) atoms. The standard InChI is InChI=1S/C19H15ClN2O2/c20-18-13(11-4-6-16-12(10-11)8-9-21-16)2-1-3-14(18)15-5-7-17(23)22-19(15)24/h1-4,6,8-10,15,21H,5,7H2,(H,22,23,24). The van der Waals surface area contributed by atoms with Crippen molar-refractivity contribution >= 4 is 34.3 Å². The lowest BCUT2D eigenvalue weighted by atomic mass is 9.88. The zero-order valence-corrected chi connectivity index (χ0v) is 13.6. The van der Waals surface area contributed by atoms with E-state index in [2.05, 4.69) is 16.4 Å². The molecule has 2 amide bonds. The highest BCUT2D eigenvalue weighted by Gasteiger charge is 2.30. The summed E-state index contributed by atoms with van der Waals surface area (Å²) < 4.78 is 0. The van der Waals surface area contributed by atoms with E-state index in [1.165, 1.54) is 0 Å². The second kappa shape index (κ2) is 5.80. The number of nitrogens with one attached hydrogen (secondary N) is 2. The van der Waals surface area contributed by atoms with Crippen LogP contribution in [0.2, 0.25) is 5.02 Å². The monoisotopic (exact) mass is 338 g/mol. The van der Waals surface area contributed by atoms with Crippen LogP contribution in [0.15, 0.2) is 48.7 Å². The van der Waals surface area contributed by atoms with Gasteiger partial charge in [-0.25, -0.2) is 0 Å². The minimum Gasteiger partial charge on any atom is -0.361 e. The number of hydrogen-bond donors (Lipinski definition) is 2. The molecule has 2 N–H and O–H groups in total. The molecule has 1 fully saturated rings. The van der Waals surface area contributed by atoms with E-state index in [1.54, 1.807) is 0 Å². The molecular weight excluding hydrogens is 324 g/mol. The zero-order valence-electron chi connectivity index (χ0n) is 12.8. The van der Waals surface area contributed by atoms with Crippen LogP contribution in [-0.2, 0) is 9.59 Å². The third-order valence-corrected chi connectivity index (χ3v) is 4.93. The lowest BCUT2D eigenvalue weighted by Gasteiger charge is -2.23. The number of aromatic nitrogens is 1. The topological polar surface area (TPSA) is 62.0 Å². The van der Waals surface area contributed by atoms with Crippen LogP contribution < -0.4 is 5.32 Å². The van der Waals surface area contributed by atoms with E-state index in [0.29, 0.717) is 17.9 Å². The van der Waals surface area contributed by atoms with Crippen LogP contribution in [-0.4, -0.2) is 16.8 Å². The fraction of sp³-hybridized carbons (Fsp3) is 0.158. The normalized spacial score (nSPS) is 18.0. The van der Waals surface area contributed by atoms with Crippen LogP contribution in [0.4, 0.5) is 0 Å². The van der Waals surface area contributed by atoms with Gasteiger partial charge in [0.25, 0.3) is 0 Å². The number of halogens is 1. The minimum atomic E-state index is -0.383. The van der Waals surface area contributed by atoms with Gasteiger partial charge >= 0.3 is 0 Å². The van der Waals surface area contributed by atoms with Crippen molar-refractivity contribution in [2.24, 2.45) is 0 Å². The van der Waals surface area contributed by atoms with E-state index >= 15 is 0 Å². The number of hydrogen-bond acceptors (Lipinski definition) is 2. The number of carbonyl (C=O) groups is 2. The highest BCUT2D eigenvalue weighted by atomic mass is 35.5. The predicted octanol–water partition coefficient (Wildman–Crippen LogP) is 4.01. The molecular formula is C19H15ClN2O2. The number of amides is 2. The lowest BCUT2D eigenvalue weighted by Crippen LogP contribution is -2.39. The van der Waals surface area contributed by atoms with Crippen molar-refractivity contribution in [3.8, 4) is 11.1 Å². The van der Waals surface area contributed by atoms with E-state index in [0.717, 1.165) is 27.6 Å². The van der Waals surface area contributed by atoms with Crippen LogP contribution in [0.5, 0.6) is 0 Å². The van der Waals surface area contributed by atoms with Gasteiger partial charge in [0.2, 0.25) is 11.8 Å². The van der Waals surface area contributed by atoms with Gasteiger partial charge in [-0.3, -0.25) is 14.9 Å². The van der Waals surface area contributed by atoms with Gasteiger partial charge in [0.1, 0.15) is 0 Å². The molecule has 1 unspecified atom stereocenters. The molecule has 3 aromatic rings. The summed E-state index contributed by atoms with van der Waals surface area (Å²) in [5.74, 6) is -0.876. The van der Waals surface area contributed by atoms with Crippen molar-refractivity contribution in [1.29, 1.82) is 0 Å². The van der Waals surface area contributed by atoms with Gasteiger partial charge in [-0.2, -0.15) is 0 Å². The number of benzene rings is 2. The van der Waals surface area contributed by atoms with E-state index in [4.69, 9.17) is 11.6 Å². The first kappa shape index (κ1) is 15.0. The maximum absolute atomic E-state index is 12.2. The Morgan fingerprint density at radius 1 is 1.08 bits per heavy atom. The fourth-order valence-corrected chi connectivity index (χ4v) is 3.62. The molecule has 0 spiro atoms. The molecule has 0 aliphatic carbocycles. The van der Waals surface area contributed by atoms with E-state index in [-0.39, 0.29) is 17.7 Å². The second-order valence-electron chi connectivity index (χ2n) is 5.99. The molecule has 120 valence electrons. The van der Waals surface area contributed by atoms with Gasteiger partial charge in [0.05, 0.1) is 10.9 Å². The Bertz CT molecular complexity index is 961. The first-order valence-electron chi connectivity index (χ1n) is 7.83. The van der Waals surface area contributed by atoms with Crippen LogP contribution in [0.25, 0.3) is 22.0 Å². The largest absolute Gasteiger partial charge is 0.361 e. The summed E-state index contributed by atoms with van der Waals surface area (Å²) in [5.41, 5.74) is 3.73. The average Bonchev–Trinajstić information content (AvgIpc) is 3.03. The van der Waals surface area contributed by atoms with Crippen molar-refractivity contribution < 1.29 is 9.59 Å². The summed E-state index contributed by atoms with van der Waals surface area (Å²) >= 11 is 6.63. The maximum atomic E-state index is 12.2. The average molecular weight is 339 g/mol. The molecule has 4 rings (SSSR count). The summed E-state index contributed by atoms with van der Waals surface area (Å²) in [4.78, 5) is 26.7. The molecule has 0 saturated carbocycles. The summed E-state index contributed by atoms with van der Waals surface area (Å²) in [6, 6.07) is 13.8. The number of carbonyl (C=O) groups excluding carboxylic acids is 2. The molecule has 0 radical (unpaired) electrons. The van der Waals surface area contributed by atoms with Crippen molar-refractivity contribution in [3.63, 3.8) is 0 Å². The number of H-pyrrole nitrogens is 1. The number of aromatic amines is 1. The predicted molar refractivity (Wildman–Crippen MR) is 93.9 cm³/mol. The Labute approximate surface area is 143 Å². The molecule has 1 atom stereocenters. The van der Waals surface area contributed by atoms with Crippen molar-refractivity contribution in [2.45, 2.75) is 18.8 Å². The molecule has 1 aromatic heterocycles. The summed E-state index contributed by atoms with van der Waals surface area (Å²) in [6.07, 6.45) is 2.73. The number of imide groups is 1. The molecule has 1 saturated heterocycles. The SMILES string of the molecule is O=C1CCC(c2cccc(-c3ccc4[nH]ccc4c3)c2Cl)C(=O)N1. The molecule has 1 aliphatic rings. The molecule has 4 nitrogen and oxygen atoms in total. The molecule has 2 heterocycles. The van der Waals surface area contributed by atoms with Crippen molar-refractivity contribution in [1.82, 2.24) is 10.3 Å². The first-order chi connectivity index (χ1) is 11.6. The molecule has 0 bridgehead atoms. The smallest absolute Gasteiger partial charge is 0.234 e. The van der Waals surface area contributed by atoms with Gasteiger partial charge in [0.15, 0.2) is 0 Å². The first-order valence-corrected chi connectivity index (χ1v) is 8.21. The Morgan fingerprint density at radius 3 is 2.79 bits per heavy atom. The van der Waals surface area contributed by atoms with Gasteiger partial charge in [-0.1, -0.05) is 35.9 Å². The van der Waals surface area contributed by atoms with Gasteiger partial charge in [0, 0.05) is 23.7 Å². The van der Waals surface area contributed by atoms with Crippen molar-refractivity contribution in [3.05, 3.63) is 59.2 Å². The molecule has 2 aromatic carbocycles. The number of fused-ring (bicyclic) bond motifs is 1. The summed E-state index contributed by atoms with van der Waals surface area (Å²) in [7, 11) is 0. The third-order valence-electron chi connectivity index (χ3n) is 4.51. The molecule has 1 aliphatic heterocycles. The summed E-state index contributed by atoms with van der Waals surface area (Å²) in [6.45, 7) is 0. The third kappa shape index (κ3) is 2.49. The Balaban J connectivity index is 1.77. The molecule has 5 heteroatoms. The zero-order chi connectivity index (χ0) is 16.7. The summed E-state index contributed by atoms with van der Waals surface area (Å²) in [5, 5.41) is 4.07. The van der Waals surface area contributed by atoms with E-state index in [9.17, 15) is 9.59 Å². The van der Waals surface area contributed by atoms with Gasteiger partial charge in [-0.05, 0) is 41.1 Å². The van der Waals surface area contributed by atoms with Crippen molar-refractivity contribution in [2.75, 3.05) is 0 Å². The highest BCUT2D eigenvalue weighted by Crippen LogP contribution is 2.37. The maximum Gasteiger partial charge on any atom is 0.234 e. The van der Waals surface area contributed by atoms with Gasteiger partial charge in [-0.15, -0.1) is 0 Å². The Kier molecular flexibility index (Phi) is 3.62. The second-order valence-corrected chi connectivity index (χ2v) is 6.37. The number of rotatable bonds is 2. The highest BCUT2D eigenvalue weighted by molar-refractivity contribution is 6.34.